The first kappa shape index (κ1) is 26.3. The standard InChI is InChI=1S/C44H30N2/c1-3-15-36(16-4-1)45(38-27-24-32(25-28-38)35-23-22-31-12-7-8-14-34(31)30-35)42-21-11-20-40-41-29-26-33-13-9-10-19-39(33)43(41)46(44(40)42)37-17-5-2-6-18-37/h1-30H. The minimum atomic E-state index is 1.11. The maximum absolute atomic E-state index is 2.46. The average Bonchev–Trinajstić information content (AvgIpc) is 3.48. The minimum absolute atomic E-state index is 1.11. The fourth-order valence-corrected chi connectivity index (χ4v) is 7.00. The van der Waals surface area contributed by atoms with Crippen LogP contribution in [0, 0.1) is 0 Å². The molecule has 0 amide bonds. The fraction of sp³-hybridized carbons (Fsp3) is 0. The summed E-state index contributed by atoms with van der Waals surface area (Å²) in [5.41, 5.74) is 9.33. The van der Waals surface area contributed by atoms with Crippen LogP contribution in [0.15, 0.2) is 182 Å². The lowest BCUT2D eigenvalue weighted by Crippen LogP contribution is -2.11. The van der Waals surface area contributed by atoms with Crippen molar-refractivity contribution in [3.8, 4) is 16.8 Å². The summed E-state index contributed by atoms with van der Waals surface area (Å²) in [5.74, 6) is 0. The average molecular weight is 587 g/mol. The number of fused-ring (bicyclic) bond motifs is 6. The maximum atomic E-state index is 2.46. The Morgan fingerprint density at radius 1 is 0.348 bits per heavy atom. The molecule has 0 aliphatic rings. The smallest absolute Gasteiger partial charge is 0.0782 e. The van der Waals surface area contributed by atoms with Gasteiger partial charge in [-0.2, -0.15) is 0 Å². The van der Waals surface area contributed by atoms with Gasteiger partial charge in [0, 0.05) is 33.2 Å². The first-order chi connectivity index (χ1) is 22.8. The lowest BCUT2D eigenvalue weighted by Gasteiger charge is -2.27. The highest BCUT2D eigenvalue weighted by atomic mass is 15.2. The van der Waals surface area contributed by atoms with Crippen LogP contribution < -0.4 is 4.90 Å². The Labute approximate surface area is 268 Å². The highest BCUT2D eigenvalue weighted by Crippen LogP contribution is 2.45. The third kappa shape index (κ3) is 4.27. The van der Waals surface area contributed by atoms with Crippen molar-refractivity contribution in [3.63, 3.8) is 0 Å². The number of aromatic nitrogens is 1. The predicted octanol–water partition coefficient (Wildman–Crippen LogP) is 12.2. The van der Waals surface area contributed by atoms with Gasteiger partial charge in [-0.05, 0) is 75.8 Å². The SMILES string of the molecule is c1ccc(N(c2ccc(-c3ccc4ccccc4c3)cc2)c2cccc3c4ccc5ccccc5c4n(-c4ccccc4)c23)cc1. The first-order valence-corrected chi connectivity index (χ1v) is 15.8. The summed E-state index contributed by atoms with van der Waals surface area (Å²) in [4.78, 5) is 2.40. The third-order valence-corrected chi connectivity index (χ3v) is 9.13. The number of rotatable bonds is 5. The zero-order valence-electron chi connectivity index (χ0n) is 25.2. The number of hydrogen-bond donors (Lipinski definition) is 0. The van der Waals surface area contributed by atoms with Crippen molar-refractivity contribution in [2.24, 2.45) is 0 Å². The van der Waals surface area contributed by atoms with E-state index in [9.17, 15) is 0 Å². The molecule has 0 bridgehead atoms. The van der Waals surface area contributed by atoms with Crippen LogP contribution in [-0.2, 0) is 0 Å². The van der Waals surface area contributed by atoms with Crippen molar-refractivity contribution in [2.45, 2.75) is 0 Å². The second-order valence-electron chi connectivity index (χ2n) is 11.8. The molecule has 2 heteroatoms. The van der Waals surface area contributed by atoms with Crippen molar-refractivity contribution in [3.05, 3.63) is 182 Å². The van der Waals surface area contributed by atoms with Crippen molar-refractivity contribution in [1.82, 2.24) is 4.57 Å². The van der Waals surface area contributed by atoms with Gasteiger partial charge in [0.25, 0.3) is 0 Å². The van der Waals surface area contributed by atoms with E-state index in [1.165, 1.54) is 54.5 Å². The van der Waals surface area contributed by atoms with Gasteiger partial charge in [0.2, 0.25) is 0 Å². The van der Waals surface area contributed by atoms with E-state index in [-0.39, 0.29) is 0 Å². The molecule has 0 atom stereocenters. The summed E-state index contributed by atoms with van der Waals surface area (Å²) in [6.45, 7) is 0. The highest BCUT2D eigenvalue weighted by Gasteiger charge is 2.22. The molecule has 0 saturated heterocycles. The van der Waals surface area contributed by atoms with Crippen LogP contribution in [0.1, 0.15) is 0 Å². The van der Waals surface area contributed by atoms with Crippen LogP contribution in [0.25, 0.3) is 60.2 Å². The van der Waals surface area contributed by atoms with Gasteiger partial charge >= 0.3 is 0 Å². The molecule has 0 saturated carbocycles. The monoisotopic (exact) mass is 586 g/mol. The van der Waals surface area contributed by atoms with Crippen molar-refractivity contribution < 1.29 is 0 Å². The summed E-state index contributed by atoms with van der Waals surface area (Å²) < 4.78 is 2.46. The molecule has 0 fully saturated rings. The van der Waals surface area contributed by atoms with E-state index in [0.29, 0.717) is 0 Å². The maximum Gasteiger partial charge on any atom is 0.0782 e. The Balaban J connectivity index is 1.30. The quantitative estimate of drug-likeness (QED) is 0.195. The van der Waals surface area contributed by atoms with E-state index in [2.05, 4.69) is 191 Å². The molecule has 0 N–H and O–H groups in total. The van der Waals surface area contributed by atoms with Gasteiger partial charge in [-0.15, -0.1) is 0 Å². The van der Waals surface area contributed by atoms with E-state index >= 15 is 0 Å². The lowest BCUT2D eigenvalue weighted by atomic mass is 10.0. The number of nitrogens with zero attached hydrogens (tertiary/aromatic N) is 2. The van der Waals surface area contributed by atoms with E-state index in [1.54, 1.807) is 0 Å². The van der Waals surface area contributed by atoms with Crippen LogP contribution in [0.3, 0.4) is 0 Å². The van der Waals surface area contributed by atoms with E-state index in [1.807, 2.05) is 0 Å². The molecule has 0 unspecified atom stereocenters. The van der Waals surface area contributed by atoms with E-state index in [4.69, 9.17) is 0 Å². The van der Waals surface area contributed by atoms with Gasteiger partial charge < -0.3 is 9.47 Å². The predicted molar refractivity (Wildman–Crippen MR) is 196 cm³/mol. The van der Waals surface area contributed by atoms with E-state index in [0.717, 1.165) is 22.7 Å². The molecule has 9 rings (SSSR count). The van der Waals surface area contributed by atoms with Crippen LogP contribution in [-0.4, -0.2) is 4.57 Å². The number of para-hydroxylation sites is 3. The summed E-state index contributed by atoms with van der Waals surface area (Å²) in [7, 11) is 0. The van der Waals surface area contributed by atoms with Crippen LogP contribution >= 0.6 is 0 Å². The molecule has 9 aromatic rings. The van der Waals surface area contributed by atoms with Gasteiger partial charge in [-0.3, -0.25) is 0 Å². The third-order valence-electron chi connectivity index (χ3n) is 9.13. The van der Waals surface area contributed by atoms with Crippen LogP contribution in [0.4, 0.5) is 17.1 Å². The zero-order chi connectivity index (χ0) is 30.5. The van der Waals surface area contributed by atoms with Gasteiger partial charge in [-0.25, -0.2) is 0 Å². The topological polar surface area (TPSA) is 8.17 Å². The molecule has 1 heterocycles. The summed E-state index contributed by atoms with van der Waals surface area (Å²) in [5, 5.41) is 7.48. The Hall–Kier alpha value is -6.12. The second kappa shape index (κ2) is 10.8. The first-order valence-electron chi connectivity index (χ1n) is 15.8. The molecule has 216 valence electrons. The highest BCUT2D eigenvalue weighted by molar-refractivity contribution is 6.21. The normalized spacial score (nSPS) is 11.5. The van der Waals surface area contributed by atoms with Gasteiger partial charge in [0.15, 0.2) is 0 Å². The molecule has 1 aromatic heterocycles. The van der Waals surface area contributed by atoms with Gasteiger partial charge in [0.1, 0.15) is 0 Å². The summed E-state index contributed by atoms with van der Waals surface area (Å²) >= 11 is 0. The second-order valence-corrected chi connectivity index (χ2v) is 11.8. The molecular weight excluding hydrogens is 556 g/mol. The zero-order valence-corrected chi connectivity index (χ0v) is 25.2. The van der Waals surface area contributed by atoms with Gasteiger partial charge in [0.05, 0.1) is 16.7 Å². The molecule has 2 nitrogen and oxygen atoms in total. The Morgan fingerprint density at radius 2 is 0.935 bits per heavy atom. The minimum Gasteiger partial charge on any atom is -0.308 e. The molecule has 0 radical (unpaired) electrons. The molecule has 8 aromatic carbocycles. The fourth-order valence-electron chi connectivity index (χ4n) is 7.00. The number of benzene rings is 8. The Kier molecular flexibility index (Phi) is 6.17. The van der Waals surface area contributed by atoms with Crippen LogP contribution in [0.5, 0.6) is 0 Å². The Bertz CT molecular complexity index is 2510. The summed E-state index contributed by atoms with van der Waals surface area (Å²) in [6.07, 6.45) is 0. The Morgan fingerprint density at radius 3 is 1.74 bits per heavy atom. The van der Waals surface area contributed by atoms with Crippen molar-refractivity contribution in [1.29, 1.82) is 0 Å². The number of anilines is 3. The molecule has 0 aliphatic carbocycles. The molecule has 0 aliphatic heterocycles. The largest absolute Gasteiger partial charge is 0.308 e. The van der Waals surface area contributed by atoms with Crippen molar-refractivity contribution >= 4 is 60.4 Å². The molecular formula is C44H30N2. The molecule has 0 spiro atoms. The van der Waals surface area contributed by atoms with Crippen LogP contribution in [0.2, 0.25) is 0 Å². The summed E-state index contributed by atoms with van der Waals surface area (Å²) in [6, 6.07) is 65.7. The van der Waals surface area contributed by atoms with Gasteiger partial charge in [-0.1, -0.05) is 133 Å². The lowest BCUT2D eigenvalue weighted by molar-refractivity contribution is 1.17. The van der Waals surface area contributed by atoms with E-state index < -0.39 is 0 Å². The van der Waals surface area contributed by atoms with Crippen molar-refractivity contribution in [2.75, 3.05) is 4.90 Å². The number of hydrogen-bond acceptors (Lipinski definition) is 1. The molecule has 46 heavy (non-hydrogen) atoms.